The monoisotopic (exact) mass is 413 g/mol. The Labute approximate surface area is 161 Å². The molecule has 1 aliphatic rings. The minimum atomic E-state index is 0.0403. The molecule has 2 atom stereocenters. The Balaban J connectivity index is 1.49. The van der Waals surface area contributed by atoms with Crippen LogP contribution < -0.4 is 0 Å². The lowest BCUT2D eigenvalue weighted by atomic mass is 10.1. The molecule has 0 saturated carbocycles. The molecule has 26 heavy (non-hydrogen) atoms. The van der Waals surface area contributed by atoms with Gasteiger partial charge in [0.1, 0.15) is 0 Å². The number of halogens is 1. The van der Waals surface area contributed by atoms with E-state index < -0.39 is 0 Å². The first kappa shape index (κ1) is 17.4. The normalized spacial score (nSPS) is 19.4. The Kier molecular flexibility index (Phi) is 5.15. The molecule has 1 aliphatic heterocycles. The fourth-order valence-electron chi connectivity index (χ4n) is 3.19. The van der Waals surface area contributed by atoms with E-state index in [2.05, 4.69) is 50.1 Å². The second-order valence-corrected chi connectivity index (χ2v) is 7.31. The zero-order valence-electron chi connectivity index (χ0n) is 14.5. The van der Waals surface area contributed by atoms with Crippen LogP contribution in [0.2, 0.25) is 0 Å². The van der Waals surface area contributed by atoms with Gasteiger partial charge >= 0.3 is 0 Å². The second-order valence-electron chi connectivity index (χ2n) is 6.40. The van der Waals surface area contributed by atoms with Gasteiger partial charge in [-0.05, 0) is 36.8 Å². The van der Waals surface area contributed by atoms with Crippen LogP contribution in [0, 0.1) is 0 Å². The van der Waals surface area contributed by atoms with Crippen LogP contribution in [0.4, 0.5) is 0 Å². The van der Waals surface area contributed by atoms with Crippen molar-refractivity contribution in [2.24, 2.45) is 0 Å². The van der Waals surface area contributed by atoms with E-state index in [1.54, 1.807) is 0 Å². The van der Waals surface area contributed by atoms with Crippen molar-refractivity contribution < 1.29 is 9.15 Å². The Morgan fingerprint density at radius 3 is 2.77 bits per heavy atom. The molecule has 2 heterocycles. The molecule has 2 aromatic carbocycles. The molecule has 0 bridgehead atoms. The third-order valence-corrected chi connectivity index (χ3v) is 5.18. The summed E-state index contributed by atoms with van der Waals surface area (Å²) in [4.78, 5) is 2.33. The van der Waals surface area contributed by atoms with Crippen LogP contribution in [0.3, 0.4) is 0 Å². The summed E-state index contributed by atoms with van der Waals surface area (Å²) in [7, 11) is 0. The highest BCUT2D eigenvalue weighted by atomic mass is 79.9. The fraction of sp³-hybridized carbons (Fsp3) is 0.300. The Hall–Kier alpha value is -2.02. The van der Waals surface area contributed by atoms with Crippen LogP contribution in [0.1, 0.15) is 30.5 Å². The molecular weight excluding hydrogens is 394 g/mol. The van der Waals surface area contributed by atoms with E-state index in [4.69, 9.17) is 9.15 Å². The molecule has 134 valence electrons. The first-order valence-electron chi connectivity index (χ1n) is 8.70. The van der Waals surface area contributed by atoms with Crippen LogP contribution in [0.5, 0.6) is 0 Å². The van der Waals surface area contributed by atoms with Crippen molar-refractivity contribution in [3.8, 4) is 11.5 Å². The topological polar surface area (TPSA) is 51.4 Å². The number of benzene rings is 2. The van der Waals surface area contributed by atoms with Crippen LogP contribution >= 0.6 is 15.9 Å². The summed E-state index contributed by atoms with van der Waals surface area (Å²) in [6, 6.07) is 18.2. The summed E-state index contributed by atoms with van der Waals surface area (Å²) >= 11 is 3.53. The maximum absolute atomic E-state index is 5.98. The minimum Gasteiger partial charge on any atom is -0.419 e. The first-order valence-corrected chi connectivity index (χ1v) is 9.50. The molecule has 0 aliphatic carbocycles. The van der Waals surface area contributed by atoms with Crippen LogP contribution in [0.15, 0.2) is 63.5 Å². The lowest BCUT2D eigenvalue weighted by molar-refractivity contribution is -0.0463. The van der Waals surface area contributed by atoms with Gasteiger partial charge in [0, 0.05) is 23.1 Å². The quantitative estimate of drug-likeness (QED) is 0.623. The van der Waals surface area contributed by atoms with Crippen LogP contribution in [0.25, 0.3) is 11.5 Å². The lowest BCUT2D eigenvalue weighted by Crippen LogP contribution is -2.40. The maximum atomic E-state index is 5.98. The Morgan fingerprint density at radius 2 is 1.96 bits per heavy atom. The highest BCUT2D eigenvalue weighted by molar-refractivity contribution is 9.10. The third kappa shape index (κ3) is 3.72. The van der Waals surface area contributed by atoms with E-state index in [0.29, 0.717) is 18.4 Å². The average Bonchev–Trinajstić information content (AvgIpc) is 3.18. The number of aromatic nitrogens is 2. The number of morpholine rings is 1. The van der Waals surface area contributed by atoms with Gasteiger partial charge < -0.3 is 9.15 Å². The molecule has 5 nitrogen and oxygen atoms in total. The smallest absolute Gasteiger partial charge is 0.247 e. The number of rotatable bonds is 4. The molecule has 0 spiro atoms. The number of hydrogen-bond acceptors (Lipinski definition) is 5. The molecule has 3 aromatic rings. The number of hydrogen-bond donors (Lipinski definition) is 0. The first-order chi connectivity index (χ1) is 12.7. The molecule has 1 fully saturated rings. The molecule has 2 unspecified atom stereocenters. The van der Waals surface area contributed by atoms with Gasteiger partial charge in [0.15, 0.2) is 0 Å². The van der Waals surface area contributed by atoms with Gasteiger partial charge in [0.25, 0.3) is 0 Å². The Bertz CT molecular complexity index is 868. The largest absolute Gasteiger partial charge is 0.419 e. The van der Waals surface area contributed by atoms with Crippen molar-refractivity contribution >= 4 is 15.9 Å². The minimum absolute atomic E-state index is 0.0403. The summed E-state index contributed by atoms with van der Waals surface area (Å²) in [6.07, 6.45) is 0.0419. The van der Waals surface area contributed by atoms with Gasteiger partial charge in [0.2, 0.25) is 11.8 Å². The van der Waals surface area contributed by atoms with Crippen molar-refractivity contribution in [1.82, 2.24) is 15.1 Å². The molecule has 0 radical (unpaired) electrons. The van der Waals surface area contributed by atoms with E-state index in [9.17, 15) is 0 Å². The predicted molar refractivity (Wildman–Crippen MR) is 103 cm³/mol. The molecule has 6 heteroatoms. The van der Waals surface area contributed by atoms with E-state index in [1.165, 1.54) is 5.56 Å². The third-order valence-electron chi connectivity index (χ3n) is 4.68. The van der Waals surface area contributed by atoms with Gasteiger partial charge in [-0.2, -0.15) is 0 Å². The Morgan fingerprint density at radius 1 is 1.12 bits per heavy atom. The predicted octanol–water partition coefficient (Wildman–Crippen LogP) is 4.63. The van der Waals surface area contributed by atoms with Crippen LogP contribution in [-0.4, -0.2) is 34.8 Å². The summed E-state index contributed by atoms with van der Waals surface area (Å²) in [5.41, 5.74) is 2.11. The van der Waals surface area contributed by atoms with E-state index in [0.717, 1.165) is 23.1 Å². The van der Waals surface area contributed by atoms with Crippen LogP contribution in [-0.2, 0) is 4.74 Å². The zero-order valence-corrected chi connectivity index (χ0v) is 16.1. The molecule has 0 amide bonds. The molecular formula is C20H20BrN3O2. The van der Waals surface area contributed by atoms with Crippen molar-refractivity contribution in [1.29, 1.82) is 0 Å². The SMILES string of the molecule is CC(c1nnc(-c2ccccc2)o1)N1CCOC(c2cccc(Br)c2)C1. The van der Waals surface area contributed by atoms with Gasteiger partial charge in [0.05, 0.1) is 18.8 Å². The van der Waals surface area contributed by atoms with Gasteiger partial charge in [-0.15, -0.1) is 10.2 Å². The van der Waals surface area contributed by atoms with Crippen molar-refractivity contribution in [2.45, 2.75) is 19.1 Å². The summed E-state index contributed by atoms with van der Waals surface area (Å²) in [5.74, 6) is 1.20. The lowest BCUT2D eigenvalue weighted by Gasteiger charge is -2.35. The molecule has 1 saturated heterocycles. The van der Waals surface area contributed by atoms with Crippen molar-refractivity contribution in [3.05, 3.63) is 70.5 Å². The van der Waals surface area contributed by atoms with Crippen molar-refractivity contribution in [2.75, 3.05) is 19.7 Å². The van der Waals surface area contributed by atoms with Gasteiger partial charge in [-0.25, -0.2) is 0 Å². The highest BCUT2D eigenvalue weighted by Crippen LogP contribution is 2.30. The molecule has 4 rings (SSSR count). The van der Waals surface area contributed by atoms with Gasteiger partial charge in [-0.1, -0.05) is 46.3 Å². The maximum Gasteiger partial charge on any atom is 0.247 e. The zero-order chi connectivity index (χ0) is 17.9. The molecule has 1 aromatic heterocycles. The fourth-order valence-corrected chi connectivity index (χ4v) is 3.60. The number of nitrogens with zero attached hydrogens (tertiary/aromatic N) is 3. The summed E-state index contributed by atoms with van der Waals surface area (Å²) in [5, 5.41) is 8.48. The van der Waals surface area contributed by atoms with Crippen molar-refractivity contribution in [3.63, 3.8) is 0 Å². The molecule has 0 N–H and O–H groups in total. The highest BCUT2D eigenvalue weighted by Gasteiger charge is 2.29. The summed E-state index contributed by atoms with van der Waals surface area (Å²) < 4.78 is 13.0. The summed E-state index contributed by atoms with van der Waals surface area (Å²) in [6.45, 7) is 4.42. The standard InChI is InChI=1S/C20H20BrN3O2/c1-14(19-22-23-20(26-19)15-6-3-2-4-7-15)24-10-11-25-18(13-24)16-8-5-9-17(21)12-16/h2-9,12,14,18H,10-11,13H2,1H3. The number of ether oxygens (including phenoxy) is 1. The average molecular weight is 414 g/mol. The van der Waals surface area contributed by atoms with E-state index >= 15 is 0 Å². The van der Waals surface area contributed by atoms with E-state index in [-0.39, 0.29) is 12.1 Å². The van der Waals surface area contributed by atoms with Gasteiger partial charge in [-0.3, -0.25) is 4.90 Å². The van der Waals surface area contributed by atoms with E-state index in [1.807, 2.05) is 42.5 Å². The second kappa shape index (κ2) is 7.70.